The van der Waals surface area contributed by atoms with Gasteiger partial charge in [-0.05, 0) is 27.7 Å². The third-order valence-corrected chi connectivity index (χ3v) is 2.85. The van der Waals surface area contributed by atoms with Crippen LogP contribution in [0, 0.1) is 0 Å². The number of aromatic nitrogens is 2. The van der Waals surface area contributed by atoms with Gasteiger partial charge in [0.1, 0.15) is 6.10 Å². The molecular formula is C12H18N2O3. The van der Waals surface area contributed by atoms with Gasteiger partial charge in [0.15, 0.2) is 12.1 Å². The molecule has 0 bridgehead atoms. The average molecular weight is 238 g/mol. The highest BCUT2D eigenvalue weighted by atomic mass is 16.8. The van der Waals surface area contributed by atoms with Gasteiger partial charge in [-0.25, -0.2) is 0 Å². The van der Waals surface area contributed by atoms with Crippen LogP contribution >= 0.6 is 0 Å². The second kappa shape index (κ2) is 3.92. The second-order valence-electron chi connectivity index (χ2n) is 5.33. The van der Waals surface area contributed by atoms with Gasteiger partial charge in [0, 0.05) is 6.20 Å². The Morgan fingerprint density at radius 2 is 2.18 bits per heavy atom. The maximum atomic E-state index is 10.6. The van der Waals surface area contributed by atoms with Crippen LogP contribution < -0.4 is 0 Å². The van der Waals surface area contributed by atoms with E-state index in [0.29, 0.717) is 12.1 Å². The third kappa shape index (κ3) is 2.56. The van der Waals surface area contributed by atoms with E-state index in [1.807, 2.05) is 27.7 Å². The summed E-state index contributed by atoms with van der Waals surface area (Å²) in [5, 5.41) is 4.11. The smallest absolute Gasteiger partial charge is 0.164 e. The van der Waals surface area contributed by atoms with E-state index in [0.717, 1.165) is 6.29 Å². The molecule has 5 nitrogen and oxygen atoms in total. The van der Waals surface area contributed by atoms with Crippen LogP contribution in [0.5, 0.6) is 0 Å². The van der Waals surface area contributed by atoms with E-state index in [1.54, 1.807) is 17.1 Å². The largest absolute Gasteiger partial charge is 0.342 e. The topological polar surface area (TPSA) is 53.4 Å². The lowest BCUT2D eigenvalue weighted by Crippen LogP contribution is -2.36. The van der Waals surface area contributed by atoms with Gasteiger partial charge in [-0.3, -0.25) is 9.48 Å². The molecule has 2 rings (SSSR count). The number of carbonyl (C=O) groups excluding carboxylic acids is 1. The molecule has 0 saturated carbocycles. The first kappa shape index (κ1) is 12.3. The molecule has 0 spiro atoms. The Balaban J connectivity index is 2.11. The van der Waals surface area contributed by atoms with Crippen LogP contribution in [0.4, 0.5) is 0 Å². The van der Waals surface area contributed by atoms with Crippen molar-refractivity contribution in [2.75, 3.05) is 0 Å². The van der Waals surface area contributed by atoms with Crippen molar-refractivity contribution in [3.8, 4) is 0 Å². The Kier molecular flexibility index (Phi) is 2.83. The Morgan fingerprint density at radius 1 is 1.47 bits per heavy atom. The second-order valence-corrected chi connectivity index (χ2v) is 5.33. The van der Waals surface area contributed by atoms with Crippen LogP contribution in [0.2, 0.25) is 0 Å². The van der Waals surface area contributed by atoms with Crippen molar-refractivity contribution in [1.82, 2.24) is 9.78 Å². The lowest BCUT2D eigenvalue weighted by Gasteiger charge is -2.23. The fraction of sp³-hybridized carbons (Fsp3) is 0.667. The number of aldehydes is 1. The maximum Gasteiger partial charge on any atom is 0.164 e. The van der Waals surface area contributed by atoms with Crippen molar-refractivity contribution in [3.63, 3.8) is 0 Å². The zero-order valence-electron chi connectivity index (χ0n) is 10.6. The molecule has 1 saturated heterocycles. The summed E-state index contributed by atoms with van der Waals surface area (Å²) < 4.78 is 13.4. The van der Waals surface area contributed by atoms with E-state index in [-0.39, 0.29) is 11.7 Å². The van der Waals surface area contributed by atoms with Crippen molar-refractivity contribution in [1.29, 1.82) is 0 Å². The van der Waals surface area contributed by atoms with Gasteiger partial charge in [-0.1, -0.05) is 0 Å². The van der Waals surface area contributed by atoms with E-state index in [2.05, 4.69) is 5.10 Å². The zero-order chi connectivity index (χ0) is 12.7. The lowest BCUT2D eigenvalue weighted by molar-refractivity contribution is -0.157. The van der Waals surface area contributed by atoms with E-state index in [4.69, 9.17) is 9.47 Å². The Hall–Kier alpha value is -1.20. The average Bonchev–Trinajstić information content (AvgIpc) is 2.69. The molecule has 0 amide bonds. The van der Waals surface area contributed by atoms with Crippen molar-refractivity contribution in [2.24, 2.45) is 0 Å². The summed E-state index contributed by atoms with van der Waals surface area (Å²) in [6.07, 6.45) is 3.94. The zero-order valence-corrected chi connectivity index (χ0v) is 10.6. The number of carbonyl (C=O) groups is 1. The van der Waals surface area contributed by atoms with Crippen LogP contribution in [0.3, 0.4) is 0 Å². The summed E-state index contributed by atoms with van der Waals surface area (Å²) in [6, 6.07) is 0. The molecular weight excluding hydrogens is 220 g/mol. The van der Waals surface area contributed by atoms with Crippen molar-refractivity contribution in [3.05, 3.63) is 18.0 Å². The minimum Gasteiger partial charge on any atom is -0.342 e. The molecule has 1 fully saturated rings. The van der Waals surface area contributed by atoms with E-state index in [1.165, 1.54) is 0 Å². The molecule has 0 aromatic carbocycles. The first-order valence-corrected chi connectivity index (χ1v) is 5.68. The minimum absolute atomic E-state index is 0.0862. The van der Waals surface area contributed by atoms with E-state index in [9.17, 15) is 4.79 Å². The molecule has 0 unspecified atom stereocenters. The van der Waals surface area contributed by atoms with E-state index < -0.39 is 5.79 Å². The summed E-state index contributed by atoms with van der Waals surface area (Å²) in [5.41, 5.74) is 0.206. The number of nitrogens with zero attached hydrogens (tertiary/aromatic N) is 2. The maximum absolute atomic E-state index is 10.6. The quantitative estimate of drug-likeness (QED) is 0.751. The minimum atomic E-state index is -0.575. The van der Waals surface area contributed by atoms with Crippen LogP contribution in [0.25, 0.3) is 0 Å². The van der Waals surface area contributed by atoms with Crippen molar-refractivity contribution < 1.29 is 14.3 Å². The molecule has 1 aliphatic heterocycles. The summed E-state index contributed by atoms with van der Waals surface area (Å²) in [4.78, 5) is 10.6. The highest BCUT2D eigenvalue weighted by Crippen LogP contribution is 2.36. The Labute approximate surface area is 101 Å². The molecule has 1 aromatic rings. The molecule has 0 aliphatic carbocycles. The fourth-order valence-corrected chi connectivity index (χ4v) is 2.18. The molecule has 94 valence electrons. The summed E-state index contributed by atoms with van der Waals surface area (Å²) in [5.74, 6) is -0.575. The highest BCUT2D eigenvalue weighted by Gasteiger charge is 2.47. The number of hydrogen-bond donors (Lipinski definition) is 0. The molecule has 1 atom stereocenters. The normalized spacial score (nSPS) is 26.0. The standard InChI is InChI=1S/C12H18N2O3/c1-11(2)10(16-12(3,4)17-11)7-14-6-9(8-15)5-13-14/h5-6,8,10H,7H2,1-4H3/t10-/m1/s1. The van der Waals surface area contributed by atoms with Gasteiger partial charge in [0.2, 0.25) is 0 Å². The van der Waals surface area contributed by atoms with Crippen molar-refractivity contribution >= 4 is 6.29 Å². The van der Waals surface area contributed by atoms with Crippen LogP contribution in [0.15, 0.2) is 12.4 Å². The van der Waals surface area contributed by atoms with Gasteiger partial charge >= 0.3 is 0 Å². The summed E-state index contributed by atoms with van der Waals surface area (Å²) >= 11 is 0. The SMILES string of the molecule is CC1(C)O[C@H](Cn2cc(C=O)cn2)C(C)(C)O1. The van der Waals surface area contributed by atoms with Crippen LogP contribution in [0.1, 0.15) is 38.1 Å². The lowest BCUT2D eigenvalue weighted by atomic mass is 10.0. The summed E-state index contributed by atoms with van der Waals surface area (Å²) in [7, 11) is 0. The van der Waals surface area contributed by atoms with Crippen molar-refractivity contribution in [2.45, 2.75) is 51.7 Å². The molecule has 0 N–H and O–H groups in total. The predicted molar refractivity (Wildman–Crippen MR) is 61.7 cm³/mol. The predicted octanol–water partition coefficient (Wildman–Crippen LogP) is 1.63. The van der Waals surface area contributed by atoms with Gasteiger partial charge in [-0.15, -0.1) is 0 Å². The Bertz CT molecular complexity index is 423. The fourth-order valence-electron chi connectivity index (χ4n) is 2.18. The number of hydrogen-bond acceptors (Lipinski definition) is 4. The molecule has 17 heavy (non-hydrogen) atoms. The molecule has 1 aliphatic rings. The van der Waals surface area contributed by atoms with Crippen LogP contribution in [-0.2, 0) is 16.0 Å². The van der Waals surface area contributed by atoms with E-state index >= 15 is 0 Å². The van der Waals surface area contributed by atoms with Crippen LogP contribution in [-0.4, -0.2) is 33.6 Å². The molecule has 0 radical (unpaired) electrons. The highest BCUT2D eigenvalue weighted by molar-refractivity contribution is 5.73. The van der Waals surface area contributed by atoms with Gasteiger partial charge < -0.3 is 9.47 Å². The Morgan fingerprint density at radius 3 is 2.65 bits per heavy atom. The van der Waals surface area contributed by atoms with Gasteiger partial charge in [0.25, 0.3) is 0 Å². The monoisotopic (exact) mass is 238 g/mol. The van der Waals surface area contributed by atoms with Gasteiger partial charge in [0.05, 0.1) is 23.9 Å². The van der Waals surface area contributed by atoms with Gasteiger partial charge in [-0.2, -0.15) is 5.10 Å². The first-order valence-electron chi connectivity index (χ1n) is 5.68. The molecule has 2 heterocycles. The number of rotatable bonds is 3. The number of ether oxygens (including phenoxy) is 2. The molecule has 5 heteroatoms. The molecule has 1 aromatic heterocycles. The summed E-state index contributed by atoms with van der Waals surface area (Å²) in [6.45, 7) is 8.36. The third-order valence-electron chi connectivity index (χ3n) is 2.85. The first-order chi connectivity index (χ1) is 7.82.